The molecule has 0 saturated carbocycles. The molecule has 0 aromatic carbocycles. The highest BCUT2D eigenvalue weighted by molar-refractivity contribution is 4.91. The fourth-order valence-corrected chi connectivity index (χ4v) is 2.97. The lowest BCUT2D eigenvalue weighted by Gasteiger charge is -2.36. The van der Waals surface area contributed by atoms with E-state index in [2.05, 4.69) is 23.2 Å². The van der Waals surface area contributed by atoms with E-state index < -0.39 is 0 Å². The van der Waals surface area contributed by atoms with Crippen LogP contribution in [0.5, 0.6) is 0 Å². The molecule has 0 bridgehead atoms. The van der Waals surface area contributed by atoms with Gasteiger partial charge in [0.2, 0.25) is 0 Å². The van der Waals surface area contributed by atoms with Crippen LogP contribution in [0.15, 0.2) is 0 Å². The van der Waals surface area contributed by atoms with E-state index in [1.54, 1.807) is 0 Å². The third kappa shape index (κ3) is 2.70. The van der Waals surface area contributed by atoms with Gasteiger partial charge in [0.15, 0.2) is 0 Å². The first-order chi connectivity index (χ1) is 7.29. The molecule has 3 atom stereocenters. The molecule has 0 aromatic rings. The number of rotatable bonds is 3. The number of nitriles is 1. The Labute approximate surface area is 92.4 Å². The molecule has 0 spiro atoms. The van der Waals surface area contributed by atoms with Crippen molar-refractivity contribution in [2.45, 2.75) is 57.2 Å². The maximum atomic E-state index is 8.62. The molecule has 2 aliphatic rings. The van der Waals surface area contributed by atoms with Gasteiger partial charge >= 0.3 is 0 Å². The largest absolute Gasteiger partial charge is 0.310 e. The van der Waals surface area contributed by atoms with Crippen molar-refractivity contribution in [2.75, 3.05) is 13.1 Å². The summed E-state index contributed by atoms with van der Waals surface area (Å²) in [6.07, 6.45) is 5.93. The molecule has 0 aromatic heterocycles. The lowest BCUT2D eigenvalue weighted by atomic mass is 9.97. The van der Waals surface area contributed by atoms with Crippen LogP contribution < -0.4 is 5.32 Å². The summed E-state index contributed by atoms with van der Waals surface area (Å²) in [6.45, 7) is 4.68. The number of nitrogens with zero attached hydrogens (tertiary/aromatic N) is 2. The molecule has 2 saturated heterocycles. The SMILES string of the molecule is CC(CC#N)NC1CCN2CCCC2C1. The average molecular weight is 207 g/mol. The molecule has 0 radical (unpaired) electrons. The van der Waals surface area contributed by atoms with Gasteiger partial charge in [-0.25, -0.2) is 0 Å². The van der Waals surface area contributed by atoms with Crippen LogP contribution in [0, 0.1) is 11.3 Å². The summed E-state index contributed by atoms with van der Waals surface area (Å²) in [4.78, 5) is 2.63. The predicted octanol–water partition coefficient (Wildman–Crippen LogP) is 1.50. The standard InChI is InChI=1S/C12H21N3/c1-10(4-6-13)14-11-5-8-15-7-2-3-12(15)9-11/h10-12,14H,2-5,7-9H2,1H3. The van der Waals surface area contributed by atoms with Crippen LogP contribution in [0.2, 0.25) is 0 Å². The molecule has 2 aliphatic heterocycles. The molecule has 3 nitrogen and oxygen atoms in total. The quantitative estimate of drug-likeness (QED) is 0.762. The highest BCUT2D eigenvalue weighted by atomic mass is 15.2. The maximum Gasteiger partial charge on any atom is 0.0638 e. The molecule has 0 aliphatic carbocycles. The average Bonchev–Trinajstić information content (AvgIpc) is 2.65. The molecule has 15 heavy (non-hydrogen) atoms. The van der Waals surface area contributed by atoms with E-state index in [1.807, 2.05) is 0 Å². The Kier molecular flexibility index (Phi) is 3.61. The summed E-state index contributed by atoms with van der Waals surface area (Å²) in [5.74, 6) is 0. The number of nitrogens with one attached hydrogen (secondary N) is 1. The third-order valence-electron chi connectivity index (χ3n) is 3.74. The van der Waals surface area contributed by atoms with Crippen LogP contribution in [0.25, 0.3) is 0 Å². The van der Waals surface area contributed by atoms with Crippen LogP contribution >= 0.6 is 0 Å². The van der Waals surface area contributed by atoms with Crippen molar-refractivity contribution in [1.29, 1.82) is 5.26 Å². The van der Waals surface area contributed by atoms with Gasteiger partial charge in [-0.1, -0.05) is 0 Å². The maximum absolute atomic E-state index is 8.62. The first kappa shape index (κ1) is 10.9. The first-order valence-corrected chi connectivity index (χ1v) is 6.16. The summed E-state index contributed by atoms with van der Waals surface area (Å²) >= 11 is 0. The van der Waals surface area contributed by atoms with E-state index in [-0.39, 0.29) is 0 Å². The fraction of sp³-hybridized carbons (Fsp3) is 0.917. The zero-order valence-corrected chi connectivity index (χ0v) is 9.58. The molecule has 2 heterocycles. The molecule has 3 heteroatoms. The van der Waals surface area contributed by atoms with Gasteiger partial charge in [0.25, 0.3) is 0 Å². The second-order valence-electron chi connectivity index (χ2n) is 4.98. The lowest BCUT2D eigenvalue weighted by Crippen LogP contribution is -2.47. The second kappa shape index (κ2) is 4.96. The van der Waals surface area contributed by atoms with Crippen molar-refractivity contribution < 1.29 is 0 Å². The van der Waals surface area contributed by atoms with Gasteiger partial charge in [-0.3, -0.25) is 0 Å². The van der Waals surface area contributed by atoms with Crippen LogP contribution in [0.4, 0.5) is 0 Å². The molecule has 3 unspecified atom stereocenters. The van der Waals surface area contributed by atoms with Gasteiger partial charge in [0, 0.05) is 18.1 Å². The van der Waals surface area contributed by atoms with E-state index in [4.69, 9.17) is 5.26 Å². The van der Waals surface area contributed by atoms with Crippen LogP contribution in [0.1, 0.15) is 39.0 Å². The number of hydrogen-bond acceptors (Lipinski definition) is 3. The molecule has 0 amide bonds. The zero-order chi connectivity index (χ0) is 10.7. The molecule has 2 fully saturated rings. The van der Waals surface area contributed by atoms with Gasteiger partial charge in [-0.15, -0.1) is 0 Å². The lowest BCUT2D eigenvalue weighted by molar-refractivity contribution is 0.162. The Morgan fingerprint density at radius 2 is 2.33 bits per heavy atom. The number of fused-ring (bicyclic) bond motifs is 1. The minimum Gasteiger partial charge on any atom is -0.310 e. The second-order valence-corrected chi connectivity index (χ2v) is 4.98. The summed E-state index contributed by atoms with van der Waals surface area (Å²) in [5.41, 5.74) is 0. The molecule has 1 N–H and O–H groups in total. The van der Waals surface area contributed by atoms with E-state index >= 15 is 0 Å². The number of hydrogen-bond donors (Lipinski definition) is 1. The Hall–Kier alpha value is -0.590. The highest BCUT2D eigenvalue weighted by Crippen LogP contribution is 2.26. The summed E-state index contributed by atoms with van der Waals surface area (Å²) < 4.78 is 0. The predicted molar refractivity (Wildman–Crippen MR) is 60.4 cm³/mol. The molecule has 2 rings (SSSR count). The Morgan fingerprint density at radius 1 is 1.47 bits per heavy atom. The first-order valence-electron chi connectivity index (χ1n) is 6.16. The third-order valence-corrected chi connectivity index (χ3v) is 3.74. The molecular weight excluding hydrogens is 186 g/mol. The van der Waals surface area contributed by atoms with Crippen molar-refractivity contribution in [1.82, 2.24) is 10.2 Å². The monoisotopic (exact) mass is 207 g/mol. The van der Waals surface area contributed by atoms with Gasteiger partial charge in [-0.05, 0) is 45.7 Å². The van der Waals surface area contributed by atoms with E-state index in [1.165, 1.54) is 38.8 Å². The highest BCUT2D eigenvalue weighted by Gasteiger charge is 2.31. The van der Waals surface area contributed by atoms with Gasteiger partial charge in [0.1, 0.15) is 0 Å². The Balaban J connectivity index is 1.78. The van der Waals surface area contributed by atoms with Crippen molar-refractivity contribution in [3.8, 4) is 6.07 Å². The van der Waals surface area contributed by atoms with Gasteiger partial charge in [0.05, 0.1) is 12.5 Å². The van der Waals surface area contributed by atoms with Gasteiger partial charge < -0.3 is 10.2 Å². The molecule has 84 valence electrons. The fourth-order valence-electron chi connectivity index (χ4n) is 2.97. The van der Waals surface area contributed by atoms with Gasteiger partial charge in [-0.2, -0.15) is 5.26 Å². The van der Waals surface area contributed by atoms with Crippen LogP contribution in [-0.4, -0.2) is 36.1 Å². The van der Waals surface area contributed by atoms with Crippen molar-refractivity contribution in [3.63, 3.8) is 0 Å². The number of piperidine rings is 1. The summed E-state index contributed by atoms with van der Waals surface area (Å²) in [7, 11) is 0. The van der Waals surface area contributed by atoms with E-state index in [0.717, 1.165) is 6.04 Å². The summed E-state index contributed by atoms with van der Waals surface area (Å²) in [5, 5.41) is 12.2. The van der Waals surface area contributed by atoms with Crippen LogP contribution in [-0.2, 0) is 0 Å². The topological polar surface area (TPSA) is 39.1 Å². The Morgan fingerprint density at radius 3 is 3.13 bits per heavy atom. The zero-order valence-electron chi connectivity index (χ0n) is 9.58. The van der Waals surface area contributed by atoms with Crippen molar-refractivity contribution >= 4 is 0 Å². The smallest absolute Gasteiger partial charge is 0.0638 e. The van der Waals surface area contributed by atoms with Crippen molar-refractivity contribution in [2.24, 2.45) is 0 Å². The Bertz CT molecular complexity index is 246. The minimum absolute atomic E-state index is 0.355. The van der Waals surface area contributed by atoms with E-state index in [9.17, 15) is 0 Å². The van der Waals surface area contributed by atoms with Crippen LogP contribution in [0.3, 0.4) is 0 Å². The van der Waals surface area contributed by atoms with Crippen molar-refractivity contribution in [3.05, 3.63) is 0 Å². The molecular formula is C12H21N3. The normalized spacial score (nSPS) is 33.3. The summed E-state index contributed by atoms with van der Waals surface area (Å²) in [6, 6.07) is 4.06. The minimum atomic E-state index is 0.355. The van der Waals surface area contributed by atoms with E-state index in [0.29, 0.717) is 18.5 Å².